The van der Waals surface area contributed by atoms with Gasteiger partial charge in [0, 0.05) is 18.8 Å². The molecule has 0 atom stereocenters. The summed E-state index contributed by atoms with van der Waals surface area (Å²) < 4.78 is 5.69. The summed E-state index contributed by atoms with van der Waals surface area (Å²) in [6.07, 6.45) is 4.13. The lowest BCUT2D eigenvalue weighted by molar-refractivity contribution is 0.237. The number of rotatable bonds is 7. The molecule has 1 aromatic carbocycles. The predicted octanol–water partition coefficient (Wildman–Crippen LogP) is 3.62. The van der Waals surface area contributed by atoms with Gasteiger partial charge in [-0.2, -0.15) is 0 Å². The van der Waals surface area contributed by atoms with Crippen LogP contribution >= 0.6 is 0 Å². The summed E-state index contributed by atoms with van der Waals surface area (Å²) in [4.78, 5) is 2.55. The van der Waals surface area contributed by atoms with E-state index in [-0.39, 0.29) is 0 Å². The third-order valence-electron chi connectivity index (χ3n) is 3.64. The monoisotopic (exact) mass is 276 g/mol. The molecule has 1 aliphatic heterocycles. The molecule has 1 fully saturated rings. The van der Waals surface area contributed by atoms with E-state index >= 15 is 0 Å². The molecule has 1 saturated heterocycles. The molecule has 3 heteroatoms. The summed E-state index contributed by atoms with van der Waals surface area (Å²) in [6, 6.07) is 8.30. The lowest BCUT2D eigenvalue weighted by atomic mass is 10.1. The largest absolute Gasteiger partial charge is 0.493 e. The molecule has 1 aromatic rings. The third-order valence-corrected chi connectivity index (χ3v) is 3.64. The average molecular weight is 276 g/mol. The lowest BCUT2D eigenvalue weighted by Gasteiger charge is -2.26. The quantitative estimate of drug-likeness (QED) is 0.823. The smallest absolute Gasteiger partial charge is 0.119 e. The molecule has 0 aromatic heterocycles. The number of nitrogens with one attached hydrogen (secondary N) is 1. The molecule has 0 bridgehead atoms. The Kier molecular flexibility index (Phi) is 6.19. The van der Waals surface area contributed by atoms with Gasteiger partial charge in [-0.25, -0.2) is 0 Å². The number of anilines is 1. The first kappa shape index (κ1) is 15.2. The molecule has 0 aliphatic carbocycles. The van der Waals surface area contributed by atoms with E-state index in [1.807, 2.05) is 12.1 Å². The van der Waals surface area contributed by atoms with E-state index in [0.29, 0.717) is 5.92 Å². The van der Waals surface area contributed by atoms with Gasteiger partial charge in [0.1, 0.15) is 5.75 Å². The number of benzene rings is 1. The minimum Gasteiger partial charge on any atom is -0.493 e. The Morgan fingerprint density at radius 1 is 1.10 bits per heavy atom. The highest BCUT2D eigenvalue weighted by Crippen LogP contribution is 2.16. The maximum Gasteiger partial charge on any atom is 0.119 e. The topological polar surface area (TPSA) is 24.5 Å². The number of hydrogen-bond donors (Lipinski definition) is 1. The highest BCUT2D eigenvalue weighted by atomic mass is 16.5. The molecule has 0 unspecified atom stereocenters. The minimum atomic E-state index is 0.567. The van der Waals surface area contributed by atoms with Crippen molar-refractivity contribution < 1.29 is 4.74 Å². The highest BCUT2D eigenvalue weighted by Gasteiger charge is 2.08. The number of hydrogen-bond acceptors (Lipinski definition) is 3. The lowest BCUT2D eigenvalue weighted by Crippen LogP contribution is -2.33. The third kappa shape index (κ3) is 5.41. The van der Waals surface area contributed by atoms with Crippen LogP contribution in [0.25, 0.3) is 0 Å². The first-order valence-electron chi connectivity index (χ1n) is 7.93. The van der Waals surface area contributed by atoms with E-state index in [1.54, 1.807) is 0 Å². The Balaban J connectivity index is 1.67. The van der Waals surface area contributed by atoms with Gasteiger partial charge in [0.2, 0.25) is 0 Å². The van der Waals surface area contributed by atoms with Crippen molar-refractivity contribution in [2.24, 2.45) is 5.92 Å². The van der Waals surface area contributed by atoms with Crippen molar-refractivity contribution in [2.75, 3.05) is 38.1 Å². The molecule has 1 heterocycles. The zero-order chi connectivity index (χ0) is 14.2. The molecular formula is C17H28N2O. The van der Waals surface area contributed by atoms with Crippen LogP contribution in [0.2, 0.25) is 0 Å². The van der Waals surface area contributed by atoms with Crippen molar-refractivity contribution in [1.29, 1.82) is 0 Å². The van der Waals surface area contributed by atoms with Crippen LogP contribution in [-0.2, 0) is 0 Å². The molecule has 2 rings (SSSR count). The van der Waals surface area contributed by atoms with Crippen LogP contribution in [0.4, 0.5) is 5.69 Å². The van der Waals surface area contributed by atoms with Crippen LogP contribution in [0.15, 0.2) is 24.3 Å². The summed E-state index contributed by atoms with van der Waals surface area (Å²) >= 11 is 0. The van der Waals surface area contributed by atoms with Crippen molar-refractivity contribution >= 4 is 5.69 Å². The molecule has 1 aliphatic rings. The van der Waals surface area contributed by atoms with Gasteiger partial charge >= 0.3 is 0 Å². The van der Waals surface area contributed by atoms with Crippen LogP contribution < -0.4 is 10.1 Å². The van der Waals surface area contributed by atoms with Crippen LogP contribution in [0, 0.1) is 5.92 Å². The summed E-state index contributed by atoms with van der Waals surface area (Å²) in [5.41, 5.74) is 1.18. The van der Waals surface area contributed by atoms with E-state index in [9.17, 15) is 0 Å². The minimum absolute atomic E-state index is 0.567. The Bertz CT molecular complexity index is 369. The standard InChI is InChI=1S/C17H28N2O/c1-15(2)14-20-17-8-6-16(7-9-17)18-10-13-19-11-4-3-5-12-19/h6-9,15,18H,3-5,10-14H2,1-2H3. The molecule has 1 N–H and O–H groups in total. The maximum absolute atomic E-state index is 5.69. The van der Waals surface area contributed by atoms with Crippen molar-refractivity contribution in [2.45, 2.75) is 33.1 Å². The van der Waals surface area contributed by atoms with Gasteiger partial charge in [0.15, 0.2) is 0 Å². The molecule has 0 spiro atoms. The molecular weight excluding hydrogens is 248 g/mol. The predicted molar refractivity (Wildman–Crippen MR) is 85.6 cm³/mol. The molecule has 20 heavy (non-hydrogen) atoms. The van der Waals surface area contributed by atoms with Crippen LogP contribution in [0.5, 0.6) is 5.75 Å². The first-order valence-corrected chi connectivity index (χ1v) is 7.93. The van der Waals surface area contributed by atoms with E-state index in [0.717, 1.165) is 25.4 Å². The molecule has 3 nitrogen and oxygen atoms in total. The summed E-state index contributed by atoms with van der Waals surface area (Å²) in [5, 5.41) is 3.49. The van der Waals surface area contributed by atoms with Gasteiger partial charge < -0.3 is 15.0 Å². The van der Waals surface area contributed by atoms with Crippen LogP contribution in [-0.4, -0.2) is 37.7 Å². The second-order valence-electron chi connectivity index (χ2n) is 6.06. The SMILES string of the molecule is CC(C)COc1ccc(NCCN2CCCCC2)cc1. The Morgan fingerprint density at radius 3 is 2.45 bits per heavy atom. The molecule has 0 radical (unpaired) electrons. The fourth-order valence-electron chi connectivity index (χ4n) is 2.47. The van der Waals surface area contributed by atoms with Crippen LogP contribution in [0.3, 0.4) is 0 Å². The van der Waals surface area contributed by atoms with Crippen molar-refractivity contribution in [1.82, 2.24) is 4.90 Å². The van der Waals surface area contributed by atoms with Gasteiger partial charge in [0.25, 0.3) is 0 Å². The number of ether oxygens (including phenoxy) is 1. The van der Waals surface area contributed by atoms with Gasteiger partial charge in [-0.1, -0.05) is 20.3 Å². The Hall–Kier alpha value is -1.22. The fourth-order valence-corrected chi connectivity index (χ4v) is 2.47. The van der Waals surface area contributed by atoms with E-state index < -0.39 is 0 Å². The first-order chi connectivity index (χ1) is 9.74. The Labute approximate surface area is 123 Å². The zero-order valence-corrected chi connectivity index (χ0v) is 12.9. The average Bonchev–Trinajstić information content (AvgIpc) is 2.47. The second kappa shape index (κ2) is 8.15. The van der Waals surface area contributed by atoms with E-state index in [4.69, 9.17) is 4.74 Å². The van der Waals surface area contributed by atoms with Gasteiger partial charge in [-0.3, -0.25) is 0 Å². The fraction of sp³-hybridized carbons (Fsp3) is 0.647. The van der Waals surface area contributed by atoms with Gasteiger partial charge in [-0.15, -0.1) is 0 Å². The zero-order valence-electron chi connectivity index (χ0n) is 12.9. The molecule has 112 valence electrons. The van der Waals surface area contributed by atoms with Crippen molar-refractivity contribution in [3.05, 3.63) is 24.3 Å². The summed E-state index contributed by atoms with van der Waals surface area (Å²) in [6.45, 7) is 9.81. The van der Waals surface area contributed by atoms with Crippen molar-refractivity contribution in [3.8, 4) is 5.75 Å². The maximum atomic E-state index is 5.69. The van der Waals surface area contributed by atoms with Crippen LogP contribution in [0.1, 0.15) is 33.1 Å². The Morgan fingerprint density at radius 2 is 1.80 bits per heavy atom. The van der Waals surface area contributed by atoms with Gasteiger partial charge in [0.05, 0.1) is 6.61 Å². The highest BCUT2D eigenvalue weighted by molar-refractivity contribution is 5.46. The summed E-state index contributed by atoms with van der Waals surface area (Å²) in [5.74, 6) is 1.53. The normalized spacial score (nSPS) is 16.4. The van der Waals surface area contributed by atoms with E-state index in [1.165, 1.54) is 38.0 Å². The number of piperidine rings is 1. The molecule has 0 amide bonds. The van der Waals surface area contributed by atoms with E-state index in [2.05, 4.69) is 36.2 Å². The van der Waals surface area contributed by atoms with Gasteiger partial charge in [-0.05, 0) is 56.1 Å². The molecule has 0 saturated carbocycles. The summed E-state index contributed by atoms with van der Waals surface area (Å²) in [7, 11) is 0. The second-order valence-corrected chi connectivity index (χ2v) is 6.06. The van der Waals surface area contributed by atoms with Crippen molar-refractivity contribution in [3.63, 3.8) is 0 Å². The number of nitrogens with zero attached hydrogens (tertiary/aromatic N) is 1. The number of likely N-dealkylation sites (tertiary alicyclic amines) is 1.